The second-order valence-electron chi connectivity index (χ2n) is 5.52. The lowest BCUT2D eigenvalue weighted by atomic mass is 10.1. The van der Waals surface area contributed by atoms with E-state index in [4.69, 9.17) is 5.73 Å². The van der Waals surface area contributed by atoms with Crippen molar-refractivity contribution < 1.29 is 4.79 Å². The third kappa shape index (κ3) is 3.80. The lowest BCUT2D eigenvalue weighted by molar-refractivity contribution is -0.118. The molecule has 0 fully saturated rings. The minimum atomic E-state index is -0.577. The van der Waals surface area contributed by atoms with Crippen molar-refractivity contribution in [2.24, 2.45) is 5.73 Å². The number of amides is 1. The van der Waals surface area contributed by atoms with Gasteiger partial charge in [-0.15, -0.1) is 0 Å². The number of primary amides is 1. The summed E-state index contributed by atoms with van der Waals surface area (Å²) in [4.78, 5) is 23.7. The Labute approximate surface area is 143 Å². The molecule has 0 atom stereocenters. The van der Waals surface area contributed by atoms with E-state index in [9.17, 15) is 9.59 Å². The Kier molecular flexibility index (Phi) is 4.90. The van der Waals surface area contributed by atoms with Gasteiger partial charge in [-0.1, -0.05) is 30.3 Å². The largest absolute Gasteiger partial charge is 0.368 e. The van der Waals surface area contributed by atoms with Gasteiger partial charge in [0.15, 0.2) is 0 Å². The van der Waals surface area contributed by atoms with Gasteiger partial charge >= 0.3 is 5.69 Å². The first-order chi connectivity index (χ1) is 11.6. The van der Waals surface area contributed by atoms with E-state index in [-0.39, 0.29) is 12.2 Å². The summed E-state index contributed by atoms with van der Waals surface area (Å²) < 4.78 is 2.78. The quantitative estimate of drug-likeness (QED) is 0.705. The topological polar surface area (TPSA) is 82.9 Å². The van der Waals surface area contributed by atoms with Gasteiger partial charge in [-0.05, 0) is 34.4 Å². The van der Waals surface area contributed by atoms with Crippen LogP contribution in [0.15, 0.2) is 52.0 Å². The van der Waals surface area contributed by atoms with Crippen molar-refractivity contribution in [3.05, 3.63) is 74.6 Å². The van der Waals surface area contributed by atoms with Gasteiger partial charge < -0.3 is 5.73 Å². The van der Waals surface area contributed by atoms with Gasteiger partial charge in [0.05, 0.1) is 0 Å². The van der Waals surface area contributed by atoms with Crippen LogP contribution in [0.2, 0.25) is 0 Å². The summed E-state index contributed by atoms with van der Waals surface area (Å²) in [5.74, 6) is 0.0717. The number of benzene rings is 1. The van der Waals surface area contributed by atoms with Crippen molar-refractivity contribution in [2.75, 3.05) is 0 Å². The third-order valence-electron chi connectivity index (χ3n) is 3.71. The summed E-state index contributed by atoms with van der Waals surface area (Å²) in [7, 11) is 0. The van der Waals surface area contributed by atoms with Crippen LogP contribution < -0.4 is 11.4 Å². The molecule has 0 bridgehead atoms. The Balaban J connectivity index is 1.87. The Morgan fingerprint density at radius 3 is 2.62 bits per heavy atom. The van der Waals surface area contributed by atoms with Crippen LogP contribution in [0.5, 0.6) is 0 Å². The molecular formula is C17H18N4O2S. The second-order valence-corrected chi connectivity index (χ2v) is 6.30. The first-order valence-corrected chi connectivity index (χ1v) is 8.57. The molecule has 0 aliphatic carbocycles. The lowest BCUT2D eigenvalue weighted by Gasteiger charge is -2.05. The maximum Gasteiger partial charge on any atom is 0.346 e. The van der Waals surface area contributed by atoms with Crippen LogP contribution in [-0.2, 0) is 30.7 Å². The van der Waals surface area contributed by atoms with Crippen molar-refractivity contribution in [3.8, 4) is 0 Å². The molecule has 24 heavy (non-hydrogen) atoms. The van der Waals surface area contributed by atoms with Crippen LogP contribution in [-0.4, -0.2) is 20.3 Å². The summed E-state index contributed by atoms with van der Waals surface area (Å²) in [6.45, 7) is 0.314. The molecule has 0 unspecified atom stereocenters. The molecule has 124 valence electrons. The number of thiophene rings is 1. The van der Waals surface area contributed by atoms with Crippen LogP contribution >= 0.6 is 11.3 Å². The summed E-state index contributed by atoms with van der Waals surface area (Å²) in [5.41, 5.74) is 7.15. The average Bonchev–Trinajstić information content (AvgIpc) is 3.16. The van der Waals surface area contributed by atoms with Gasteiger partial charge in [-0.2, -0.15) is 16.4 Å². The van der Waals surface area contributed by atoms with Gasteiger partial charge in [0.2, 0.25) is 5.91 Å². The number of hydrogen-bond donors (Lipinski definition) is 1. The molecule has 3 aromatic rings. The fourth-order valence-corrected chi connectivity index (χ4v) is 3.22. The van der Waals surface area contributed by atoms with Crippen LogP contribution in [0.3, 0.4) is 0 Å². The number of carbonyl (C=O) groups is 1. The molecule has 7 heteroatoms. The van der Waals surface area contributed by atoms with Gasteiger partial charge in [0.1, 0.15) is 12.4 Å². The van der Waals surface area contributed by atoms with Crippen molar-refractivity contribution in [2.45, 2.75) is 25.9 Å². The summed E-state index contributed by atoms with van der Waals surface area (Å²) in [6, 6.07) is 12.0. The highest BCUT2D eigenvalue weighted by Crippen LogP contribution is 2.11. The van der Waals surface area contributed by atoms with Crippen molar-refractivity contribution in [1.29, 1.82) is 0 Å². The first kappa shape index (κ1) is 16.2. The predicted octanol–water partition coefficient (Wildman–Crippen LogP) is 1.43. The fraction of sp³-hybridized carbons (Fsp3) is 0.235. The highest BCUT2D eigenvalue weighted by atomic mass is 32.1. The Morgan fingerprint density at radius 1 is 1.17 bits per heavy atom. The van der Waals surface area contributed by atoms with E-state index in [0.29, 0.717) is 18.8 Å². The fourth-order valence-electron chi connectivity index (χ4n) is 2.55. The molecule has 0 spiro atoms. The zero-order valence-electron chi connectivity index (χ0n) is 13.1. The zero-order chi connectivity index (χ0) is 16.9. The number of nitrogens with two attached hydrogens (primary N) is 1. The molecule has 0 aliphatic rings. The average molecular weight is 342 g/mol. The SMILES string of the molecule is NC(=O)Cn1nc(Cc2ccsc2)n(CCc2ccccc2)c1=O. The molecule has 0 saturated heterocycles. The minimum absolute atomic E-state index is 0.201. The molecule has 3 rings (SSSR count). The van der Waals surface area contributed by atoms with E-state index in [1.54, 1.807) is 15.9 Å². The van der Waals surface area contributed by atoms with Crippen LogP contribution in [0.4, 0.5) is 0 Å². The van der Waals surface area contributed by atoms with Gasteiger partial charge in [0.25, 0.3) is 0 Å². The van der Waals surface area contributed by atoms with E-state index in [2.05, 4.69) is 5.10 Å². The molecule has 2 aromatic heterocycles. The van der Waals surface area contributed by atoms with Crippen LogP contribution in [0, 0.1) is 0 Å². The number of aryl methyl sites for hydroxylation is 1. The monoisotopic (exact) mass is 342 g/mol. The smallest absolute Gasteiger partial charge is 0.346 e. The Bertz CT molecular complexity index is 866. The molecule has 1 aromatic carbocycles. The summed E-state index contributed by atoms with van der Waals surface area (Å²) in [6.07, 6.45) is 1.28. The van der Waals surface area contributed by atoms with Gasteiger partial charge in [-0.25, -0.2) is 9.48 Å². The number of nitrogens with zero attached hydrogens (tertiary/aromatic N) is 3. The number of rotatable bonds is 7. The number of aromatic nitrogens is 3. The van der Waals surface area contributed by atoms with E-state index in [0.717, 1.165) is 22.2 Å². The lowest BCUT2D eigenvalue weighted by Crippen LogP contribution is -2.30. The maximum atomic E-state index is 12.5. The van der Waals surface area contributed by atoms with Gasteiger partial charge in [-0.3, -0.25) is 9.36 Å². The van der Waals surface area contributed by atoms with Crippen molar-refractivity contribution in [1.82, 2.24) is 14.3 Å². The highest BCUT2D eigenvalue weighted by Gasteiger charge is 2.15. The normalized spacial score (nSPS) is 10.8. The number of hydrogen-bond acceptors (Lipinski definition) is 4. The third-order valence-corrected chi connectivity index (χ3v) is 4.45. The van der Waals surface area contributed by atoms with Crippen LogP contribution in [0.1, 0.15) is 17.0 Å². The Hall–Kier alpha value is -2.67. The molecule has 0 saturated carbocycles. The molecule has 0 aliphatic heterocycles. The second kappa shape index (κ2) is 7.27. The van der Waals surface area contributed by atoms with Crippen molar-refractivity contribution >= 4 is 17.2 Å². The highest BCUT2D eigenvalue weighted by molar-refractivity contribution is 7.07. The Morgan fingerprint density at radius 2 is 1.96 bits per heavy atom. The molecule has 6 nitrogen and oxygen atoms in total. The maximum absolute atomic E-state index is 12.5. The first-order valence-electron chi connectivity index (χ1n) is 7.63. The molecule has 2 heterocycles. The van der Waals surface area contributed by atoms with E-state index in [1.165, 1.54) is 0 Å². The molecular weight excluding hydrogens is 324 g/mol. The van der Waals surface area contributed by atoms with Gasteiger partial charge in [0, 0.05) is 13.0 Å². The van der Waals surface area contributed by atoms with Crippen molar-refractivity contribution in [3.63, 3.8) is 0 Å². The summed E-state index contributed by atoms with van der Waals surface area (Å²) >= 11 is 1.60. The standard InChI is InChI=1S/C17H18N4O2S/c18-15(22)11-21-17(23)20(8-6-13-4-2-1-3-5-13)16(19-21)10-14-7-9-24-12-14/h1-5,7,9,12H,6,8,10-11H2,(H2,18,22). The van der Waals surface area contributed by atoms with E-state index < -0.39 is 5.91 Å². The number of carbonyl (C=O) groups excluding carboxylic acids is 1. The van der Waals surface area contributed by atoms with Crippen LogP contribution in [0.25, 0.3) is 0 Å². The van der Waals surface area contributed by atoms with E-state index >= 15 is 0 Å². The van der Waals surface area contributed by atoms with E-state index in [1.807, 2.05) is 47.2 Å². The predicted molar refractivity (Wildman–Crippen MR) is 93.0 cm³/mol. The minimum Gasteiger partial charge on any atom is -0.368 e. The molecule has 0 radical (unpaired) electrons. The molecule has 2 N–H and O–H groups in total. The zero-order valence-corrected chi connectivity index (χ0v) is 13.9. The molecule has 1 amide bonds. The summed E-state index contributed by atoms with van der Waals surface area (Å²) in [5, 5.41) is 8.32.